The number of carbonyl (C=O) groups is 6. The third-order valence-electron chi connectivity index (χ3n) is 18.1. The molecule has 7 aliphatic rings. The molecule has 4 atom stereocenters. The Hall–Kier alpha value is -9.22. The van der Waals surface area contributed by atoms with Crippen LogP contribution in [0.2, 0.25) is 0 Å². The van der Waals surface area contributed by atoms with Crippen LogP contribution in [0, 0.1) is 0 Å². The lowest BCUT2D eigenvalue weighted by Gasteiger charge is -2.36. The average Bonchev–Trinajstić information content (AvgIpc) is 1.65. The maximum absolute atomic E-state index is 13.5. The molecule has 9 aromatic rings. The topological polar surface area (TPSA) is 312 Å². The van der Waals surface area contributed by atoms with E-state index in [1.165, 1.54) is 7.40 Å². The molecule has 0 saturated heterocycles. The number of hydrogen-bond acceptors (Lipinski definition) is 19. The van der Waals surface area contributed by atoms with Gasteiger partial charge in [0.1, 0.15) is 19.8 Å². The predicted octanol–water partition coefficient (Wildman–Crippen LogP) is 12.2. The number of esters is 3. The van der Waals surface area contributed by atoms with Crippen molar-refractivity contribution in [3.05, 3.63) is 190 Å². The normalized spacial score (nSPS) is 19.1. The number of nitrogens with one attached hydrogen (secondary N) is 1. The maximum Gasteiger partial charge on any atom is 0.408 e. The molecule has 4 N–H and O–H groups in total. The first-order chi connectivity index (χ1) is 49.0. The van der Waals surface area contributed by atoms with Gasteiger partial charge in [0.05, 0.1) is 88.3 Å². The standard InChI is InChI=1S/C25H23N3O5.C21H15ClN2O5.C20H16N2O4.C2H7P.CCl2O.CH5N.2CH4/c1-2-25(33-24(31)26-16-7-5-8-16)18-11-20-21-15(10-14-6-3-4-9-19(14)27-21)12-28(20)22(29)17(18)13-32-23(25)30;1-2-21(29-20(22)27)14-8-16-17-12(7-11-5-3-4-6-15(11)23-17)9-24(16)18(25)13(14)10-28-19(21)26;1-2-20(25)14-8-16-17-12(7-11-5-3-4-6-15(11)21-17)9-22(16)18(23)13(14)10-26-19(20)24;1-2-3;2-1(3)4;1-2;;/h3-4,6,9-11,16H,2,5,7-8,12-13H2,1H3,(H,26,31);3-8H,2,9-10H2,1H3;3-8,25H,2,9-10H2,1H3;2-3H2,1H3;;2H2,1H3;2*1H4/t25-;21-;20-;;;;;/m000...../s1/i;;;1D,3T;;2*1D;. The Morgan fingerprint density at radius 3 is 1.32 bits per heavy atom. The van der Waals surface area contributed by atoms with E-state index in [9.17, 15) is 43.5 Å². The number of cyclic esters (lactones) is 3. The average molecular weight is 1430 g/mol. The summed E-state index contributed by atoms with van der Waals surface area (Å²) >= 11 is 14.3. The van der Waals surface area contributed by atoms with Gasteiger partial charge >= 0.3 is 34.1 Å². The minimum Gasteiger partial charge on any atom is -0.458 e. The highest BCUT2D eigenvalue weighted by atomic mass is 35.5. The summed E-state index contributed by atoms with van der Waals surface area (Å²) in [6.07, 6.45) is 3.28. The number of rotatable bonds is 7. The van der Waals surface area contributed by atoms with Crippen molar-refractivity contribution in [3.63, 3.8) is 0 Å². The lowest BCUT2D eigenvalue weighted by Crippen LogP contribution is -2.50. The minimum absolute atomic E-state index is 0. The summed E-state index contributed by atoms with van der Waals surface area (Å²) in [7, 11) is 1.47. The van der Waals surface area contributed by atoms with E-state index in [-0.39, 0.29) is 91.0 Å². The maximum atomic E-state index is 13.5. The number of amides is 1. The van der Waals surface area contributed by atoms with E-state index >= 15 is 0 Å². The number of nitrogens with two attached hydrogens (primary N) is 1. The Morgan fingerprint density at radius 2 is 0.990 bits per heavy atom. The van der Waals surface area contributed by atoms with Crippen LogP contribution < -0.4 is 27.7 Å². The quantitative estimate of drug-likeness (QED) is 0.0578. The number of alkyl carbamates (subject to hydrolysis) is 1. The van der Waals surface area contributed by atoms with Crippen molar-refractivity contribution < 1.29 is 61.7 Å². The second kappa shape index (κ2) is 30.1. The van der Waals surface area contributed by atoms with E-state index in [2.05, 4.69) is 34.3 Å². The van der Waals surface area contributed by atoms with Crippen molar-refractivity contribution in [1.29, 1.82) is 1.28 Å². The Balaban J connectivity index is 0.000000164. The second-order valence-corrected chi connectivity index (χ2v) is 25.0. The van der Waals surface area contributed by atoms with Crippen molar-refractivity contribution in [2.45, 2.75) is 143 Å². The number of carbonyl (C=O) groups excluding carboxylic acids is 6. The molecule has 6 aromatic heterocycles. The van der Waals surface area contributed by atoms with E-state index in [4.69, 9.17) is 60.4 Å². The molecular weight excluding hydrogens is 1350 g/mol. The minimum atomic E-state index is -1.79. The van der Waals surface area contributed by atoms with Crippen LogP contribution in [0.15, 0.2) is 124 Å². The van der Waals surface area contributed by atoms with Gasteiger partial charge in [-0.1, -0.05) is 97.1 Å². The van der Waals surface area contributed by atoms with Gasteiger partial charge in [-0.25, -0.2) is 38.9 Å². The molecule has 27 heteroatoms. The van der Waals surface area contributed by atoms with E-state index in [1.54, 1.807) is 52.7 Å². The summed E-state index contributed by atoms with van der Waals surface area (Å²) < 4.78 is 55.4. The molecule has 16 rings (SSSR count). The molecule has 0 radical (unpaired) electrons. The first-order valence-corrected chi connectivity index (χ1v) is 32.8. The molecule has 1 saturated carbocycles. The number of pyridine rings is 6. The molecule has 3 aromatic carbocycles. The fraction of sp³-hybridized carbons (Fsp3) is 0.333. The molecule has 1 fully saturated rings. The number of hydrogen-bond donors (Lipinski definition) is 3. The number of aromatic nitrogens is 6. The smallest absolute Gasteiger partial charge is 0.408 e. The number of halogens is 3. The number of nitrogens with zero attached hydrogens (tertiary/aromatic N) is 6. The molecule has 518 valence electrons. The van der Waals surface area contributed by atoms with Gasteiger partial charge in [0.25, 0.3) is 16.7 Å². The number of ether oxygens (including phenoxy) is 5. The number of aliphatic hydroxyl groups is 1. The lowest BCUT2D eigenvalue weighted by molar-refractivity contribution is -0.173. The van der Waals surface area contributed by atoms with Crippen LogP contribution in [0.3, 0.4) is 0 Å². The van der Waals surface area contributed by atoms with Crippen molar-refractivity contribution in [2.24, 2.45) is 5.73 Å². The van der Waals surface area contributed by atoms with Crippen molar-refractivity contribution in [1.82, 2.24) is 34.0 Å². The summed E-state index contributed by atoms with van der Waals surface area (Å²) in [5.74, 6) is -2.10. The Kier molecular flexibility index (Phi) is 20.8. The SMILES string of the molecule is C.CC[C@@]1(O)C(=O)OCc2c1cc1n(c2=O)Cc2cc3ccccc3nc2-1.CC[C@@]1(OC(=O)Cl)C(=O)OCc2c1cc1n(c2=O)Cc2cc3ccccc3nc2-1.CC[C@@]1(OC(=O)NC2CCC2)C(=O)OCc2c1cc1n(c2=O)Cc2cc3ccccc3nc2-1.O=C(Cl)Cl.[2H]C.[2H]CCP[3H].[2H]CN. The second-order valence-electron chi connectivity index (χ2n) is 23.3. The summed E-state index contributed by atoms with van der Waals surface area (Å²) in [5, 5.41) is 16.6. The van der Waals surface area contributed by atoms with Crippen LogP contribution in [0.4, 0.5) is 14.4 Å². The monoisotopic (exact) mass is 1430 g/mol. The largest absolute Gasteiger partial charge is 0.458 e. The van der Waals surface area contributed by atoms with Crippen LogP contribution >= 0.6 is 44.0 Å². The summed E-state index contributed by atoms with van der Waals surface area (Å²) in [6.45, 7) is 6.28. The highest BCUT2D eigenvalue weighted by Gasteiger charge is 2.53. The third-order valence-corrected chi connectivity index (χ3v) is 18.2. The van der Waals surface area contributed by atoms with Gasteiger partial charge in [0, 0.05) is 71.3 Å². The molecule has 1 aliphatic carbocycles. The van der Waals surface area contributed by atoms with Gasteiger partial charge in [-0.15, -0.1) is 9.18 Å². The highest BCUT2D eigenvalue weighted by Crippen LogP contribution is 2.44. The zero-order valence-electron chi connectivity index (χ0n) is 57.6. The van der Waals surface area contributed by atoms with Gasteiger partial charge in [0.2, 0.25) is 11.2 Å². The van der Waals surface area contributed by atoms with E-state index < -0.39 is 50.9 Å². The Labute approximate surface area is 591 Å². The zero-order chi connectivity index (χ0) is 73.5. The highest BCUT2D eigenvalue weighted by molar-refractivity contribution is 7.16. The van der Waals surface area contributed by atoms with Crippen molar-refractivity contribution >= 4 is 111 Å². The molecule has 23 nitrogen and oxygen atoms in total. The molecule has 1 unspecified atom stereocenters. The number of benzene rings is 3. The molecular formula is C72H74Cl3N8O15P. The van der Waals surface area contributed by atoms with Crippen LogP contribution in [0.25, 0.3) is 66.9 Å². The Morgan fingerprint density at radius 1 is 0.626 bits per heavy atom. The van der Waals surface area contributed by atoms with Crippen molar-refractivity contribution in [2.75, 3.05) is 13.2 Å². The molecule has 99 heavy (non-hydrogen) atoms. The third kappa shape index (κ3) is 13.4. The first-order valence-electron chi connectivity index (χ1n) is 33.8. The van der Waals surface area contributed by atoms with Gasteiger partial charge < -0.3 is 53.5 Å². The zero-order valence-corrected chi connectivity index (χ0v) is 56.9. The summed E-state index contributed by atoms with van der Waals surface area (Å²) in [5.41, 5.74) is 8.60. The first kappa shape index (κ1) is 68.3. The summed E-state index contributed by atoms with van der Waals surface area (Å²) in [6, 6.07) is 34.6. The predicted molar refractivity (Wildman–Crippen MR) is 380 cm³/mol. The van der Waals surface area contributed by atoms with Crippen LogP contribution in [-0.2, 0) is 94.3 Å². The fourth-order valence-corrected chi connectivity index (χ4v) is 13.3. The van der Waals surface area contributed by atoms with Crippen LogP contribution in [0.5, 0.6) is 0 Å². The number of para-hydroxylation sites is 3. The van der Waals surface area contributed by atoms with Gasteiger partial charge in [-0.3, -0.25) is 19.2 Å². The van der Waals surface area contributed by atoms with Crippen LogP contribution in [0.1, 0.15) is 135 Å². The lowest BCUT2D eigenvalue weighted by atomic mass is 9.85. The van der Waals surface area contributed by atoms with E-state index in [0.29, 0.717) is 82.8 Å². The van der Waals surface area contributed by atoms with Gasteiger partial charge in [-0.2, -0.15) is 0 Å². The van der Waals surface area contributed by atoms with E-state index in [0.717, 1.165) is 80.5 Å². The molecule has 12 heterocycles. The Bertz CT molecular complexity index is 5020. The van der Waals surface area contributed by atoms with Crippen LogP contribution in [-0.4, -0.2) is 88.4 Å². The molecule has 0 bridgehead atoms. The molecule has 6 aliphatic heterocycles. The molecule has 1 amide bonds. The fourth-order valence-electron chi connectivity index (χ4n) is 13.1. The van der Waals surface area contributed by atoms with E-state index in [1.807, 2.05) is 91.0 Å². The number of fused-ring (bicyclic) bond motifs is 15. The summed E-state index contributed by atoms with van der Waals surface area (Å²) in [4.78, 5) is 125. The molecule has 0 spiro atoms. The van der Waals surface area contributed by atoms with Gasteiger partial charge in [0.15, 0.2) is 5.60 Å². The van der Waals surface area contributed by atoms with Gasteiger partial charge in [-0.05, 0) is 130 Å². The van der Waals surface area contributed by atoms with Crippen molar-refractivity contribution in [3.8, 4) is 34.2 Å².